The summed E-state index contributed by atoms with van der Waals surface area (Å²) in [7, 11) is 0. The maximum absolute atomic E-state index is 2.89. The zero-order valence-electron chi connectivity index (χ0n) is 21.8. The van der Waals surface area contributed by atoms with Gasteiger partial charge in [0.05, 0.1) is 0 Å². The average Bonchev–Trinajstić information content (AvgIpc) is 2.67. The van der Waals surface area contributed by atoms with Gasteiger partial charge in [-0.25, -0.2) is 0 Å². The third-order valence-corrected chi connectivity index (χ3v) is 15.4. The fourth-order valence-corrected chi connectivity index (χ4v) is 13.9. The van der Waals surface area contributed by atoms with Crippen molar-refractivity contribution in [1.29, 1.82) is 0 Å². The molecule has 170 valence electrons. The van der Waals surface area contributed by atoms with Gasteiger partial charge in [0.25, 0.3) is 0 Å². The van der Waals surface area contributed by atoms with Gasteiger partial charge in [0.1, 0.15) is 0 Å². The average molecular weight is 411 g/mol. The summed E-state index contributed by atoms with van der Waals surface area (Å²) in [4.78, 5) is 0. The first kappa shape index (κ1) is 20.6. The Hall–Kier alpha value is 0. The Morgan fingerprint density at radius 2 is 0.967 bits per heavy atom. The summed E-state index contributed by atoms with van der Waals surface area (Å²) in [5, 5.41) is 0. The topological polar surface area (TPSA) is 0 Å². The molecule has 0 aromatic rings. The van der Waals surface area contributed by atoms with Crippen molar-refractivity contribution in [1.82, 2.24) is 0 Å². The van der Waals surface area contributed by atoms with E-state index in [1.54, 1.807) is 19.3 Å². The summed E-state index contributed by atoms with van der Waals surface area (Å²) in [6, 6.07) is 0. The fourth-order valence-electron chi connectivity index (χ4n) is 13.9. The molecule has 9 aliphatic carbocycles. The van der Waals surface area contributed by atoms with Gasteiger partial charge in [0.2, 0.25) is 0 Å². The first-order valence-electron chi connectivity index (χ1n) is 13.8. The highest BCUT2D eigenvalue weighted by atomic mass is 14.9. The second kappa shape index (κ2) is 5.22. The van der Waals surface area contributed by atoms with Crippen molar-refractivity contribution in [3.05, 3.63) is 0 Å². The molecule has 0 aromatic carbocycles. The predicted octanol–water partition coefficient (Wildman–Crippen LogP) is 8.74. The molecule has 0 spiro atoms. The lowest BCUT2D eigenvalue weighted by Crippen LogP contribution is -2.86. The van der Waals surface area contributed by atoms with Gasteiger partial charge in [-0.3, -0.25) is 0 Å². The molecule has 0 radical (unpaired) electrons. The van der Waals surface area contributed by atoms with Gasteiger partial charge in [-0.15, -0.1) is 0 Å². The maximum atomic E-state index is 2.89. The minimum absolute atomic E-state index is 0.506. The Balaban J connectivity index is 1.61. The fraction of sp³-hybridized carbons (Fsp3) is 1.00. The van der Waals surface area contributed by atoms with Crippen LogP contribution in [0.4, 0.5) is 0 Å². The maximum Gasteiger partial charge on any atom is -0.0117 e. The Labute approximate surface area is 187 Å². The lowest BCUT2D eigenvalue weighted by atomic mass is 9.12. The van der Waals surface area contributed by atoms with Crippen LogP contribution in [-0.2, 0) is 0 Å². The van der Waals surface area contributed by atoms with Gasteiger partial charge in [-0.1, -0.05) is 62.3 Å². The summed E-state index contributed by atoms with van der Waals surface area (Å²) in [5.41, 5.74) is 3.78. The van der Waals surface area contributed by atoms with Gasteiger partial charge in [0, 0.05) is 0 Å². The largest absolute Gasteiger partial charge is 0.0619 e. The van der Waals surface area contributed by atoms with Crippen LogP contribution in [0.25, 0.3) is 0 Å². The van der Waals surface area contributed by atoms with E-state index >= 15 is 0 Å². The van der Waals surface area contributed by atoms with E-state index in [1.165, 1.54) is 38.5 Å². The van der Waals surface area contributed by atoms with E-state index in [-0.39, 0.29) is 0 Å². The lowest BCUT2D eigenvalue weighted by molar-refractivity contribution is -0.441. The van der Waals surface area contributed by atoms with Crippen LogP contribution < -0.4 is 0 Å². The van der Waals surface area contributed by atoms with Crippen molar-refractivity contribution in [2.75, 3.05) is 0 Å². The molecule has 0 nitrogen and oxygen atoms in total. The number of rotatable bonds is 2. The minimum atomic E-state index is 0.506. The van der Waals surface area contributed by atoms with Crippen molar-refractivity contribution in [3.8, 4) is 0 Å². The molecule has 9 unspecified atom stereocenters. The SMILES string of the molecule is CC1CCC2CC1(C1(C)CCC3CC1(C14CC(CCC1C)C4(C)C)C3(C)C)C2(C)C. The quantitative estimate of drug-likeness (QED) is 0.427. The number of hydrogen-bond donors (Lipinski definition) is 0. The predicted molar refractivity (Wildman–Crippen MR) is 127 cm³/mol. The molecule has 0 amide bonds. The smallest absolute Gasteiger partial charge is 0.0117 e. The van der Waals surface area contributed by atoms with E-state index in [0.29, 0.717) is 37.9 Å². The summed E-state index contributed by atoms with van der Waals surface area (Å²) in [5.74, 6) is 4.78. The Morgan fingerprint density at radius 3 is 1.40 bits per heavy atom. The molecule has 9 aliphatic rings. The lowest BCUT2D eigenvalue weighted by Gasteiger charge is -2.92. The van der Waals surface area contributed by atoms with E-state index in [2.05, 4.69) is 62.3 Å². The zero-order valence-corrected chi connectivity index (χ0v) is 21.8. The molecule has 9 rings (SSSR count). The van der Waals surface area contributed by atoms with Crippen LogP contribution in [0.15, 0.2) is 0 Å². The molecule has 9 fully saturated rings. The van der Waals surface area contributed by atoms with Gasteiger partial charge in [-0.2, -0.15) is 0 Å². The highest BCUT2D eigenvalue weighted by molar-refractivity contribution is 5.36. The second-order valence-corrected chi connectivity index (χ2v) is 15.5. The number of fused-ring (bicyclic) bond motifs is 6. The monoisotopic (exact) mass is 410 g/mol. The summed E-state index contributed by atoms with van der Waals surface area (Å²) in [6.07, 6.45) is 13.7. The third-order valence-electron chi connectivity index (χ3n) is 15.4. The summed E-state index contributed by atoms with van der Waals surface area (Å²) < 4.78 is 0. The Morgan fingerprint density at radius 1 is 0.500 bits per heavy atom. The van der Waals surface area contributed by atoms with Crippen molar-refractivity contribution in [2.45, 2.75) is 120 Å². The molecule has 0 N–H and O–H groups in total. The molecular weight excluding hydrogens is 360 g/mol. The highest BCUT2D eigenvalue weighted by Gasteiger charge is 2.88. The first-order chi connectivity index (χ1) is 13.8. The molecule has 0 heterocycles. The number of hydrogen-bond acceptors (Lipinski definition) is 0. The van der Waals surface area contributed by atoms with E-state index < -0.39 is 0 Å². The highest BCUT2D eigenvalue weighted by Crippen LogP contribution is 2.94. The minimum Gasteiger partial charge on any atom is -0.0619 e. The molecule has 0 aliphatic heterocycles. The standard InChI is InChI=1S/C30H50/c1-19-10-12-21-16-28(19,24(21,3)4)27(9)15-14-23-18-30(27,26(23,7)8)29-17-22(25(29,5)6)13-11-20(29)2/h19-23H,10-18H2,1-9H3. The van der Waals surface area contributed by atoms with Crippen LogP contribution in [0.2, 0.25) is 0 Å². The van der Waals surface area contributed by atoms with E-state index in [0.717, 1.165) is 29.6 Å². The molecule has 9 atom stereocenters. The molecule has 0 heteroatoms. The van der Waals surface area contributed by atoms with Gasteiger partial charge < -0.3 is 0 Å². The van der Waals surface area contributed by atoms with Gasteiger partial charge >= 0.3 is 0 Å². The zero-order chi connectivity index (χ0) is 21.8. The van der Waals surface area contributed by atoms with E-state index in [1.807, 2.05) is 0 Å². The Bertz CT molecular complexity index is 786. The normalized spacial score (nSPS) is 61.3. The van der Waals surface area contributed by atoms with Crippen molar-refractivity contribution >= 4 is 0 Å². The van der Waals surface area contributed by atoms with Crippen molar-refractivity contribution < 1.29 is 0 Å². The van der Waals surface area contributed by atoms with Crippen LogP contribution in [-0.4, -0.2) is 0 Å². The third kappa shape index (κ3) is 1.54. The van der Waals surface area contributed by atoms with Gasteiger partial charge in [0.15, 0.2) is 0 Å². The van der Waals surface area contributed by atoms with Gasteiger partial charge in [-0.05, 0) is 125 Å². The Kier molecular flexibility index (Phi) is 3.58. The van der Waals surface area contributed by atoms with Crippen LogP contribution in [0.1, 0.15) is 120 Å². The molecule has 9 saturated carbocycles. The van der Waals surface area contributed by atoms with Crippen LogP contribution >= 0.6 is 0 Å². The van der Waals surface area contributed by atoms with E-state index in [9.17, 15) is 0 Å². The molecule has 6 bridgehead atoms. The van der Waals surface area contributed by atoms with Crippen molar-refractivity contribution in [2.24, 2.45) is 67.5 Å². The molecule has 0 aromatic heterocycles. The van der Waals surface area contributed by atoms with E-state index in [4.69, 9.17) is 0 Å². The van der Waals surface area contributed by atoms with Crippen molar-refractivity contribution in [3.63, 3.8) is 0 Å². The molecule has 30 heavy (non-hydrogen) atoms. The van der Waals surface area contributed by atoms with Crippen LogP contribution in [0.5, 0.6) is 0 Å². The molecule has 0 saturated heterocycles. The first-order valence-corrected chi connectivity index (χ1v) is 13.8. The summed E-state index contributed by atoms with van der Waals surface area (Å²) >= 11 is 0. The van der Waals surface area contributed by atoms with Crippen LogP contribution in [0.3, 0.4) is 0 Å². The second-order valence-electron chi connectivity index (χ2n) is 15.5. The summed E-state index contributed by atoms with van der Waals surface area (Å²) in [6.45, 7) is 24.7. The van der Waals surface area contributed by atoms with Crippen LogP contribution in [0, 0.1) is 67.5 Å². The molecular formula is C30H50.